The molecule has 0 saturated carbocycles. The molecule has 1 aromatic heterocycles. The summed E-state index contributed by atoms with van der Waals surface area (Å²) in [5, 5.41) is 3.99. The van der Waals surface area contributed by atoms with E-state index in [1.807, 2.05) is 78.9 Å². The van der Waals surface area contributed by atoms with E-state index in [1.54, 1.807) is 10.6 Å². The molecule has 1 N–H and O–H groups in total. The smallest absolute Gasteiger partial charge is 0.266 e. The van der Waals surface area contributed by atoms with E-state index in [2.05, 4.69) is 10.3 Å². The summed E-state index contributed by atoms with van der Waals surface area (Å²) in [5.74, 6) is 0.102. The number of amides is 1. The third kappa shape index (κ3) is 4.60. The first-order chi connectivity index (χ1) is 14.7. The summed E-state index contributed by atoms with van der Waals surface area (Å²) in [6.45, 7) is 0.569. The molecule has 5 nitrogen and oxygen atoms in total. The number of hydrogen-bond acceptors (Lipinski definition) is 4. The lowest BCUT2D eigenvalue weighted by Gasteiger charge is -2.13. The summed E-state index contributed by atoms with van der Waals surface area (Å²) < 4.78 is 1.57. The lowest BCUT2D eigenvalue weighted by atomic mass is 10.1. The number of rotatable bonds is 7. The van der Waals surface area contributed by atoms with Crippen LogP contribution in [-0.4, -0.2) is 27.8 Å². The summed E-state index contributed by atoms with van der Waals surface area (Å²) >= 11 is 1.27. The highest BCUT2D eigenvalue weighted by Crippen LogP contribution is 2.21. The van der Waals surface area contributed by atoms with Gasteiger partial charge < -0.3 is 5.32 Å². The minimum absolute atomic E-state index is 0.0852. The maximum Gasteiger partial charge on any atom is 0.266 e. The fourth-order valence-electron chi connectivity index (χ4n) is 3.19. The summed E-state index contributed by atoms with van der Waals surface area (Å²) in [5.41, 5.74) is 2.40. The van der Waals surface area contributed by atoms with E-state index in [0.29, 0.717) is 22.6 Å². The summed E-state index contributed by atoms with van der Waals surface area (Å²) in [7, 11) is 0. The van der Waals surface area contributed by atoms with E-state index in [0.717, 1.165) is 12.1 Å². The molecular formula is C24H21N3O2S. The molecule has 0 aliphatic heterocycles. The topological polar surface area (TPSA) is 64.0 Å². The van der Waals surface area contributed by atoms with Gasteiger partial charge in [-0.15, -0.1) is 0 Å². The first kappa shape index (κ1) is 19.9. The minimum Gasteiger partial charge on any atom is -0.355 e. The van der Waals surface area contributed by atoms with Crippen molar-refractivity contribution in [2.24, 2.45) is 0 Å². The third-order valence-corrected chi connectivity index (χ3v) is 5.61. The van der Waals surface area contributed by atoms with E-state index in [9.17, 15) is 9.59 Å². The van der Waals surface area contributed by atoms with Crippen molar-refractivity contribution in [3.8, 4) is 5.69 Å². The molecular weight excluding hydrogens is 394 g/mol. The Bertz CT molecular complexity index is 1210. The first-order valence-corrected chi connectivity index (χ1v) is 10.7. The number of para-hydroxylation sites is 2. The van der Waals surface area contributed by atoms with Gasteiger partial charge in [0.1, 0.15) is 0 Å². The highest BCUT2D eigenvalue weighted by atomic mass is 32.2. The minimum atomic E-state index is -0.140. The number of nitrogens with zero attached hydrogens (tertiary/aromatic N) is 2. The molecule has 1 amide bonds. The average Bonchev–Trinajstić information content (AvgIpc) is 2.79. The zero-order chi connectivity index (χ0) is 20.8. The van der Waals surface area contributed by atoms with Crippen LogP contribution in [0.3, 0.4) is 0 Å². The van der Waals surface area contributed by atoms with Crippen molar-refractivity contribution in [1.29, 1.82) is 0 Å². The zero-order valence-corrected chi connectivity index (χ0v) is 17.1. The molecule has 4 rings (SSSR count). The van der Waals surface area contributed by atoms with Crippen LogP contribution in [0.15, 0.2) is 94.9 Å². The van der Waals surface area contributed by atoms with Crippen molar-refractivity contribution >= 4 is 28.6 Å². The highest BCUT2D eigenvalue weighted by molar-refractivity contribution is 7.99. The summed E-state index contributed by atoms with van der Waals surface area (Å²) in [4.78, 5) is 30.1. The Labute approximate surface area is 178 Å². The Kier molecular flexibility index (Phi) is 6.25. The van der Waals surface area contributed by atoms with Crippen molar-refractivity contribution in [3.05, 3.63) is 101 Å². The predicted octanol–water partition coefficient (Wildman–Crippen LogP) is 3.84. The van der Waals surface area contributed by atoms with Crippen molar-refractivity contribution in [2.45, 2.75) is 11.6 Å². The number of hydrogen-bond donors (Lipinski definition) is 1. The molecule has 30 heavy (non-hydrogen) atoms. The van der Waals surface area contributed by atoms with Crippen LogP contribution >= 0.6 is 11.8 Å². The molecule has 3 aromatic carbocycles. The van der Waals surface area contributed by atoms with Gasteiger partial charge in [-0.1, -0.05) is 72.4 Å². The van der Waals surface area contributed by atoms with E-state index in [1.165, 1.54) is 17.3 Å². The fraction of sp³-hybridized carbons (Fsp3) is 0.125. The van der Waals surface area contributed by atoms with Gasteiger partial charge in [-0.05, 0) is 36.2 Å². The van der Waals surface area contributed by atoms with Gasteiger partial charge in [0.05, 0.1) is 22.3 Å². The monoisotopic (exact) mass is 415 g/mol. The largest absolute Gasteiger partial charge is 0.355 e. The zero-order valence-electron chi connectivity index (χ0n) is 16.3. The molecule has 0 aliphatic rings. The Morgan fingerprint density at radius 2 is 1.57 bits per heavy atom. The van der Waals surface area contributed by atoms with Gasteiger partial charge in [-0.3, -0.25) is 14.2 Å². The second-order valence-corrected chi connectivity index (χ2v) is 7.70. The maximum absolute atomic E-state index is 13.1. The molecule has 1 heterocycles. The van der Waals surface area contributed by atoms with Gasteiger partial charge in [0, 0.05) is 6.54 Å². The maximum atomic E-state index is 13.1. The molecule has 6 heteroatoms. The van der Waals surface area contributed by atoms with Crippen LogP contribution < -0.4 is 10.9 Å². The van der Waals surface area contributed by atoms with E-state index in [4.69, 9.17) is 0 Å². The van der Waals surface area contributed by atoms with Crippen LogP contribution in [0.4, 0.5) is 0 Å². The molecule has 0 fully saturated rings. The standard InChI is InChI=1S/C24H21N3O2S/c28-22(25-16-15-18-9-3-1-4-10-18)17-30-24-26-21-14-8-7-13-20(21)23(29)27(24)19-11-5-2-6-12-19/h1-14H,15-17H2,(H,25,28). The van der Waals surface area contributed by atoms with Crippen LogP contribution in [0.1, 0.15) is 5.56 Å². The second-order valence-electron chi connectivity index (χ2n) is 6.76. The predicted molar refractivity (Wildman–Crippen MR) is 121 cm³/mol. The van der Waals surface area contributed by atoms with Gasteiger partial charge in [0.25, 0.3) is 5.56 Å². The Hall–Kier alpha value is -3.38. The van der Waals surface area contributed by atoms with Crippen molar-refractivity contribution < 1.29 is 4.79 Å². The van der Waals surface area contributed by atoms with E-state index in [-0.39, 0.29) is 17.2 Å². The van der Waals surface area contributed by atoms with Gasteiger partial charge in [-0.2, -0.15) is 0 Å². The number of thioether (sulfide) groups is 1. The van der Waals surface area contributed by atoms with E-state index < -0.39 is 0 Å². The van der Waals surface area contributed by atoms with Crippen LogP contribution in [0, 0.1) is 0 Å². The van der Waals surface area contributed by atoms with Crippen LogP contribution in [0.5, 0.6) is 0 Å². The highest BCUT2D eigenvalue weighted by Gasteiger charge is 2.14. The summed E-state index contributed by atoms with van der Waals surface area (Å²) in [6, 6.07) is 26.7. The quantitative estimate of drug-likeness (QED) is 0.368. The number of fused-ring (bicyclic) bond motifs is 1. The second kappa shape index (κ2) is 9.41. The van der Waals surface area contributed by atoms with Crippen LogP contribution in [0.2, 0.25) is 0 Å². The number of carbonyl (C=O) groups is 1. The fourth-order valence-corrected chi connectivity index (χ4v) is 4.03. The van der Waals surface area contributed by atoms with Crippen molar-refractivity contribution in [1.82, 2.24) is 14.9 Å². The molecule has 150 valence electrons. The first-order valence-electron chi connectivity index (χ1n) is 9.73. The number of aromatic nitrogens is 2. The normalized spacial score (nSPS) is 10.8. The molecule has 0 saturated heterocycles. The SMILES string of the molecule is O=C(CSc1nc2ccccc2c(=O)n1-c1ccccc1)NCCc1ccccc1. The van der Waals surface area contributed by atoms with Crippen LogP contribution in [0.25, 0.3) is 16.6 Å². The molecule has 0 aliphatic carbocycles. The molecule has 0 radical (unpaired) electrons. The average molecular weight is 416 g/mol. The molecule has 4 aromatic rings. The molecule has 0 unspecified atom stereocenters. The number of nitrogens with one attached hydrogen (secondary N) is 1. The number of carbonyl (C=O) groups excluding carboxylic acids is 1. The Balaban J connectivity index is 1.52. The molecule has 0 bridgehead atoms. The van der Waals surface area contributed by atoms with Gasteiger partial charge >= 0.3 is 0 Å². The third-order valence-electron chi connectivity index (χ3n) is 4.67. The Morgan fingerprint density at radius 1 is 0.900 bits per heavy atom. The molecule has 0 atom stereocenters. The molecule has 0 spiro atoms. The van der Waals surface area contributed by atoms with Crippen molar-refractivity contribution in [2.75, 3.05) is 12.3 Å². The lowest BCUT2D eigenvalue weighted by Crippen LogP contribution is -2.28. The van der Waals surface area contributed by atoms with Crippen LogP contribution in [-0.2, 0) is 11.2 Å². The Morgan fingerprint density at radius 3 is 2.33 bits per heavy atom. The van der Waals surface area contributed by atoms with Gasteiger partial charge in [-0.25, -0.2) is 4.98 Å². The van der Waals surface area contributed by atoms with Gasteiger partial charge in [0.2, 0.25) is 5.91 Å². The van der Waals surface area contributed by atoms with E-state index >= 15 is 0 Å². The van der Waals surface area contributed by atoms with Crippen molar-refractivity contribution in [3.63, 3.8) is 0 Å². The number of benzene rings is 3. The lowest BCUT2D eigenvalue weighted by molar-refractivity contribution is -0.118. The summed E-state index contributed by atoms with van der Waals surface area (Å²) in [6.07, 6.45) is 0.778. The van der Waals surface area contributed by atoms with Gasteiger partial charge in [0.15, 0.2) is 5.16 Å².